The van der Waals surface area contributed by atoms with Crippen molar-refractivity contribution in [3.8, 4) is 11.4 Å². The Morgan fingerprint density at radius 1 is 1.47 bits per heavy atom. The number of aryl methyl sites for hydroxylation is 2. The van der Waals surface area contributed by atoms with Gasteiger partial charge in [0.1, 0.15) is 10.5 Å². The normalized spacial score (nSPS) is 10.8. The molecule has 2 rings (SSSR count). The highest BCUT2D eigenvalue weighted by atomic mass is 79.9. The molecule has 0 aliphatic rings. The minimum atomic E-state index is 0.632. The zero-order valence-corrected chi connectivity index (χ0v) is 12.9. The molecule has 0 amide bonds. The summed E-state index contributed by atoms with van der Waals surface area (Å²) >= 11 is 10.5. The van der Waals surface area contributed by atoms with Crippen LogP contribution in [-0.4, -0.2) is 9.97 Å². The summed E-state index contributed by atoms with van der Waals surface area (Å²) in [5.41, 5.74) is 3.51. The monoisotopic (exact) mass is 328 g/mol. The average Bonchev–Trinajstić information content (AvgIpc) is 2.71. The molecule has 0 saturated heterocycles. The summed E-state index contributed by atoms with van der Waals surface area (Å²) < 4.78 is 1.55. The van der Waals surface area contributed by atoms with Crippen LogP contribution in [0.15, 0.2) is 15.2 Å². The zero-order valence-electron chi connectivity index (χ0n) is 9.71. The molecular weight excluding hydrogens is 316 g/mol. The van der Waals surface area contributed by atoms with Crippen LogP contribution in [0, 0.1) is 11.6 Å². The molecule has 1 N–H and O–H groups in total. The van der Waals surface area contributed by atoms with Crippen LogP contribution in [0.25, 0.3) is 11.4 Å². The number of aromatic nitrogens is 2. The third-order valence-electron chi connectivity index (χ3n) is 2.55. The van der Waals surface area contributed by atoms with Crippen molar-refractivity contribution in [1.82, 2.24) is 9.97 Å². The molecule has 2 heterocycles. The number of hydrogen-bond acceptors (Lipinski definition) is 3. The van der Waals surface area contributed by atoms with E-state index in [4.69, 9.17) is 12.2 Å². The third-order valence-corrected chi connectivity index (χ3v) is 4.82. The van der Waals surface area contributed by atoms with Crippen molar-refractivity contribution in [3.63, 3.8) is 0 Å². The largest absolute Gasteiger partial charge is 0.342 e. The van der Waals surface area contributed by atoms with Crippen LogP contribution < -0.4 is 0 Å². The van der Waals surface area contributed by atoms with Crippen LogP contribution in [0.3, 0.4) is 0 Å². The van der Waals surface area contributed by atoms with Crippen LogP contribution >= 0.6 is 39.5 Å². The van der Waals surface area contributed by atoms with E-state index in [0.717, 1.165) is 34.4 Å². The molecule has 90 valence electrons. The van der Waals surface area contributed by atoms with E-state index in [1.807, 2.05) is 0 Å². The predicted molar refractivity (Wildman–Crippen MR) is 79.2 cm³/mol. The first-order valence-corrected chi connectivity index (χ1v) is 7.59. The molecule has 2 nitrogen and oxygen atoms in total. The average molecular weight is 329 g/mol. The lowest BCUT2D eigenvalue weighted by molar-refractivity contribution is 0.865. The van der Waals surface area contributed by atoms with E-state index in [0.29, 0.717) is 4.64 Å². The van der Waals surface area contributed by atoms with Crippen molar-refractivity contribution in [1.29, 1.82) is 0 Å². The van der Waals surface area contributed by atoms with E-state index in [1.165, 1.54) is 5.56 Å². The highest BCUT2D eigenvalue weighted by molar-refractivity contribution is 9.10. The van der Waals surface area contributed by atoms with E-state index in [9.17, 15) is 0 Å². The fourth-order valence-corrected chi connectivity index (χ4v) is 3.09. The lowest BCUT2D eigenvalue weighted by atomic mass is 10.2. The molecule has 0 aromatic carbocycles. The van der Waals surface area contributed by atoms with Crippen LogP contribution in [0.5, 0.6) is 0 Å². The van der Waals surface area contributed by atoms with E-state index < -0.39 is 0 Å². The van der Waals surface area contributed by atoms with Crippen LogP contribution in [0.1, 0.15) is 24.6 Å². The van der Waals surface area contributed by atoms with Crippen molar-refractivity contribution >= 4 is 39.5 Å². The number of rotatable bonds is 3. The molecule has 0 radical (unpaired) electrons. The van der Waals surface area contributed by atoms with Crippen LogP contribution in [-0.2, 0) is 6.42 Å². The minimum absolute atomic E-state index is 0.632. The van der Waals surface area contributed by atoms with Gasteiger partial charge in [-0.1, -0.05) is 25.6 Å². The van der Waals surface area contributed by atoms with E-state index in [1.54, 1.807) is 11.3 Å². The molecule has 0 aliphatic heterocycles. The second kappa shape index (κ2) is 5.42. The Morgan fingerprint density at radius 2 is 2.24 bits per heavy atom. The Bertz CT molecular complexity index is 586. The summed E-state index contributed by atoms with van der Waals surface area (Å²) in [6.07, 6.45) is 2.05. The quantitative estimate of drug-likeness (QED) is 0.812. The SMILES string of the molecule is CCCc1[nH]c(-c2cscc2C)nc(=S)c1Br. The lowest BCUT2D eigenvalue weighted by Gasteiger charge is -2.07. The smallest absolute Gasteiger partial charge is 0.144 e. The zero-order chi connectivity index (χ0) is 12.4. The molecule has 0 saturated carbocycles. The fraction of sp³-hybridized carbons (Fsp3) is 0.333. The molecule has 5 heteroatoms. The number of thiophene rings is 1. The van der Waals surface area contributed by atoms with Gasteiger partial charge < -0.3 is 4.98 Å². The van der Waals surface area contributed by atoms with Gasteiger partial charge in [-0.2, -0.15) is 11.3 Å². The van der Waals surface area contributed by atoms with Crippen molar-refractivity contribution in [2.45, 2.75) is 26.7 Å². The van der Waals surface area contributed by atoms with Gasteiger partial charge in [-0.25, -0.2) is 4.98 Å². The summed E-state index contributed by atoms with van der Waals surface area (Å²) in [7, 11) is 0. The topological polar surface area (TPSA) is 28.7 Å². The third kappa shape index (κ3) is 2.67. The number of hydrogen-bond donors (Lipinski definition) is 1. The summed E-state index contributed by atoms with van der Waals surface area (Å²) in [6, 6.07) is 0. The highest BCUT2D eigenvalue weighted by Gasteiger charge is 2.09. The van der Waals surface area contributed by atoms with Gasteiger partial charge in [-0.05, 0) is 40.2 Å². The molecule has 0 bridgehead atoms. The maximum absolute atomic E-state index is 5.29. The van der Waals surface area contributed by atoms with Gasteiger partial charge >= 0.3 is 0 Å². The molecule has 0 fully saturated rings. The molecule has 0 unspecified atom stereocenters. The fourth-order valence-electron chi connectivity index (χ4n) is 1.66. The maximum atomic E-state index is 5.29. The minimum Gasteiger partial charge on any atom is -0.342 e. The standard InChI is InChI=1S/C12H13BrN2S2/c1-3-4-9-10(13)12(16)15-11(14-9)8-6-17-5-7(8)2/h5-6H,3-4H2,1-2H3,(H,14,15,16). The maximum Gasteiger partial charge on any atom is 0.144 e. The van der Waals surface area contributed by atoms with E-state index >= 15 is 0 Å². The number of aromatic amines is 1. The first-order valence-electron chi connectivity index (χ1n) is 5.45. The van der Waals surface area contributed by atoms with Gasteiger partial charge in [-0.15, -0.1) is 0 Å². The van der Waals surface area contributed by atoms with Gasteiger partial charge in [0.15, 0.2) is 0 Å². The Hall–Kier alpha value is -0.520. The summed E-state index contributed by atoms with van der Waals surface area (Å²) in [6.45, 7) is 4.24. The first-order chi connectivity index (χ1) is 8.13. The summed E-state index contributed by atoms with van der Waals surface area (Å²) in [5, 5.41) is 4.22. The Labute approximate surface area is 118 Å². The summed E-state index contributed by atoms with van der Waals surface area (Å²) in [4.78, 5) is 7.82. The number of halogens is 1. The molecule has 2 aromatic rings. The van der Waals surface area contributed by atoms with Gasteiger partial charge in [0.05, 0.1) is 4.47 Å². The van der Waals surface area contributed by atoms with Crippen molar-refractivity contribution in [2.75, 3.05) is 0 Å². The van der Waals surface area contributed by atoms with Crippen molar-refractivity contribution in [3.05, 3.63) is 31.1 Å². The van der Waals surface area contributed by atoms with Crippen LogP contribution in [0.4, 0.5) is 0 Å². The first kappa shape index (κ1) is 12.9. The Balaban J connectivity index is 2.57. The molecule has 2 aromatic heterocycles. The van der Waals surface area contributed by atoms with E-state index in [2.05, 4.69) is 50.5 Å². The van der Waals surface area contributed by atoms with Crippen molar-refractivity contribution < 1.29 is 0 Å². The molecule has 17 heavy (non-hydrogen) atoms. The second-order valence-electron chi connectivity index (χ2n) is 3.90. The molecule has 0 aliphatic carbocycles. The Kier molecular flexibility index (Phi) is 4.12. The van der Waals surface area contributed by atoms with Crippen LogP contribution in [0.2, 0.25) is 0 Å². The van der Waals surface area contributed by atoms with Gasteiger partial charge in [0.2, 0.25) is 0 Å². The number of H-pyrrole nitrogens is 1. The predicted octanol–water partition coefficient (Wildman–Crippen LogP) is 4.89. The molecular formula is C12H13BrN2S2. The summed E-state index contributed by atoms with van der Waals surface area (Å²) in [5.74, 6) is 0.875. The number of nitrogens with zero attached hydrogens (tertiary/aromatic N) is 1. The lowest BCUT2D eigenvalue weighted by Crippen LogP contribution is -1.98. The molecule has 0 atom stereocenters. The Morgan fingerprint density at radius 3 is 2.82 bits per heavy atom. The van der Waals surface area contributed by atoms with Gasteiger partial charge in [-0.3, -0.25) is 0 Å². The number of nitrogens with one attached hydrogen (secondary N) is 1. The second-order valence-corrected chi connectivity index (χ2v) is 5.82. The van der Waals surface area contributed by atoms with Crippen molar-refractivity contribution in [2.24, 2.45) is 0 Å². The highest BCUT2D eigenvalue weighted by Crippen LogP contribution is 2.26. The van der Waals surface area contributed by atoms with Gasteiger partial charge in [0, 0.05) is 16.6 Å². The molecule has 0 spiro atoms. The van der Waals surface area contributed by atoms with E-state index in [-0.39, 0.29) is 0 Å². The van der Waals surface area contributed by atoms with Gasteiger partial charge in [0.25, 0.3) is 0 Å².